The van der Waals surface area contributed by atoms with Crippen LogP contribution < -0.4 is 11.5 Å². The number of rotatable bonds is 8. The van der Waals surface area contributed by atoms with E-state index < -0.39 is 5.41 Å². The van der Waals surface area contributed by atoms with Gasteiger partial charge in [-0.3, -0.25) is 0 Å². The molecule has 8 atom stereocenters. The lowest BCUT2D eigenvalue weighted by Gasteiger charge is -2.67. The van der Waals surface area contributed by atoms with Crippen LogP contribution in [0.25, 0.3) is 11.1 Å². The molecule has 25 aliphatic rings. The molecule has 0 saturated heterocycles. The molecule has 25 aliphatic carbocycles. The van der Waals surface area contributed by atoms with Crippen molar-refractivity contribution in [1.29, 1.82) is 0 Å². The molecule has 0 radical (unpaired) electrons. The fraction of sp³-hybridized carbons (Fsp3) is 0.742. The van der Waals surface area contributed by atoms with Crippen molar-refractivity contribution in [2.75, 3.05) is 11.5 Å². The highest BCUT2D eigenvalue weighted by Gasteiger charge is 2.69. The highest BCUT2D eigenvalue weighted by atomic mass is 16.3. The number of hydrogen-bond donors (Lipinski definition) is 4. The molecular formula is C93H120N2O2. The van der Waals surface area contributed by atoms with Gasteiger partial charge in [0.05, 0.1) is 16.8 Å². The number of nitrogen functional groups attached to an aromatic ring is 2. The van der Waals surface area contributed by atoms with E-state index in [4.69, 9.17) is 11.5 Å². The van der Waals surface area contributed by atoms with Gasteiger partial charge in [0.1, 0.15) is 11.5 Å². The maximum atomic E-state index is 13.5. The van der Waals surface area contributed by atoms with Crippen molar-refractivity contribution >= 4 is 11.4 Å². The normalized spacial score (nSPS) is 53.7. The van der Waals surface area contributed by atoms with E-state index in [9.17, 15) is 10.2 Å². The van der Waals surface area contributed by atoms with Crippen LogP contribution >= 0.6 is 0 Å². The molecule has 97 heavy (non-hydrogen) atoms. The molecule has 514 valence electrons. The number of anilines is 2. The fourth-order valence-electron chi connectivity index (χ4n) is 39.3. The molecular weight excluding hydrogens is 1180 g/mol. The summed E-state index contributed by atoms with van der Waals surface area (Å²) in [5, 5.41) is 26.9. The fourth-order valence-corrected chi connectivity index (χ4v) is 39.3. The number of hydrogen-bond acceptors (Lipinski definition) is 4. The molecule has 4 aromatic carbocycles. The highest BCUT2D eigenvalue weighted by Crippen LogP contribution is 2.79. The van der Waals surface area contributed by atoms with Crippen LogP contribution in [0.5, 0.6) is 11.5 Å². The average molecular weight is 1300 g/mol. The number of nitrogens with two attached hydrogens (primary N) is 2. The second-order valence-corrected chi connectivity index (χ2v) is 46.6. The van der Waals surface area contributed by atoms with Crippen LogP contribution in [0, 0.1) is 102 Å². The van der Waals surface area contributed by atoms with Gasteiger partial charge < -0.3 is 21.7 Å². The summed E-state index contributed by atoms with van der Waals surface area (Å²) in [6.07, 6.45) is 47.6. The van der Waals surface area contributed by atoms with Gasteiger partial charge in [0.2, 0.25) is 0 Å². The van der Waals surface area contributed by atoms with Crippen LogP contribution in [0.4, 0.5) is 11.4 Å². The minimum Gasteiger partial charge on any atom is -0.505 e. The van der Waals surface area contributed by atoms with Gasteiger partial charge in [-0.1, -0.05) is 79.7 Å². The van der Waals surface area contributed by atoms with Crippen molar-refractivity contribution in [3.8, 4) is 22.6 Å². The molecule has 0 amide bonds. The molecule has 0 aliphatic heterocycles. The van der Waals surface area contributed by atoms with Crippen molar-refractivity contribution in [2.45, 2.75) is 324 Å². The van der Waals surface area contributed by atoms with E-state index in [1.54, 1.807) is 44.5 Å². The number of aromatic hydroxyl groups is 2. The zero-order valence-electron chi connectivity index (χ0n) is 61.4. The number of fused-ring (bicyclic) bond motifs is 3. The maximum absolute atomic E-state index is 13.5. The highest BCUT2D eigenvalue weighted by molar-refractivity contribution is 5.93. The lowest BCUT2D eigenvalue weighted by atomic mass is 9.37. The first-order valence-corrected chi connectivity index (χ1v) is 41.5. The third-order valence-electron chi connectivity index (χ3n) is 36.6. The second kappa shape index (κ2) is 17.6. The Labute approximate surface area is 583 Å². The number of benzene rings is 4. The van der Waals surface area contributed by atoms with Crippen molar-refractivity contribution < 1.29 is 10.2 Å². The lowest BCUT2D eigenvalue weighted by Crippen LogP contribution is -2.58. The quantitative estimate of drug-likeness (QED) is 0.0920. The Balaban J connectivity index is 0.905. The molecule has 4 nitrogen and oxygen atoms in total. The number of phenolic OH excluding ortho intramolecular Hbond substituents is 2. The first-order chi connectivity index (χ1) is 45.8. The van der Waals surface area contributed by atoms with Crippen LogP contribution in [0.15, 0.2) is 48.5 Å². The molecule has 4 aromatic rings. The van der Waals surface area contributed by atoms with Gasteiger partial charge in [-0.25, -0.2) is 0 Å². The van der Waals surface area contributed by atoms with Gasteiger partial charge in [-0.2, -0.15) is 0 Å². The van der Waals surface area contributed by atoms with E-state index in [1.807, 2.05) is 0 Å². The summed E-state index contributed by atoms with van der Waals surface area (Å²) in [6, 6.07) is 22.6. The third-order valence-corrected chi connectivity index (χ3v) is 36.6. The second-order valence-electron chi connectivity index (χ2n) is 46.6. The Morgan fingerprint density at radius 1 is 0.247 bits per heavy atom. The summed E-state index contributed by atoms with van der Waals surface area (Å²) >= 11 is 0. The zero-order valence-corrected chi connectivity index (χ0v) is 61.4. The monoisotopic (exact) mass is 1300 g/mol. The minimum absolute atomic E-state index is 0.0433. The Bertz CT molecular complexity index is 3820. The standard InChI is InChI=1S/C93H120N2O2/c1-79-23-59-24-80(2,41-79)46-89(37-59,45-79)63-15-67(91-39-61-27-83(5,49-91)43-84(6,28-61)50-91)75-69(17-63)93(65-19-71(77(96)73(94)21-65)87-31-53-9-54(32-87)11-55(10-53)33-87,66-20-72(78(97)74(95)22-66)88-34-56-12-57(35-88)14-58(13-56)36-88)70-18-64(90-38-60-25-81(3,47-90)42-82(4,26-60)48-90)16-68(76(70)75)92-40-62-29-85(7,51-92)44-86(8,30-62)52-92/h15-22,53-62,96-97H,9-14,23-52,94-95H2,1-8H3. The van der Waals surface area contributed by atoms with Crippen molar-refractivity contribution in [2.24, 2.45) is 102 Å². The van der Waals surface area contributed by atoms with Gasteiger partial charge >= 0.3 is 0 Å². The van der Waals surface area contributed by atoms with E-state index in [-0.39, 0.29) is 32.5 Å². The van der Waals surface area contributed by atoms with Gasteiger partial charge in [0, 0.05) is 11.1 Å². The largest absolute Gasteiger partial charge is 0.505 e. The van der Waals surface area contributed by atoms with Crippen molar-refractivity contribution in [1.82, 2.24) is 0 Å². The smallest absolute Gasteiger partial charge is 0.142 e. The predicted octanol–water partition coefficient (Wildman–Crippen LogP) is 22.6. The van der Waals surface area contributed by atoms with E-state index in [0.29, 0.717) is 102 Å². The molecule has 4 heteroatoms. The Hall–Kier alpha value is -3.92. The first-order valence-electron chi connectivity index (χ1n) is 41.5. The van der Waals surface area contributed by atoms with E-state index >= 15 is 0 Å². The molecule has 0 spiro atoms. The number of phenols is 2. The summed E-state index contributed by atoms with van der Waals surface area (Å²) in [5.41, 5.74) is 37.4. The topological polar surface area (TPSA) is 92.5 Å². The minimum atomic E-state index is -0.851. The van der Waals surface area contributed by atoms with Crippen LogP contribution in [-0.4, -0.2) is 10.2 Å². The molecule has 24 bridgehead atoms. The molecule has 0 aromatic heterocycles. The molecule has 24 fully saturated rings. The summed E-state index contributed by atoms with van der Waals surface area (Å²) in [7, 11) is 0. The molecule has 0 heterocycles. The summed E-state index contributed by atoms with van der Waals surface area (Å²) < 4.78 is 0. The van der Waals surface area contributed by atoms with Gasteiger partial charge in [-0.05, 0) is 446 Å². The van der Waals surface area contributed by atoms with E-state index in [2.05, 4.69) is 104 Å². The Morgan fingerprint density at radius 2 is 0.474 bits per heavy atom. The molecule has 8 unspecified atom stereocenters. The summed E-state index contributed by atoms with van der Waals surface area (Å²) in [6.45, 7) is 22.1. The molecule has 29 rings (SSSR count). The van der Waals surface area contributed by atoms with Crippen LogP contribution in [0.1, 0.15) is 342 Å². The van der Waals surface area contributed by atoms with E-state index in [1.165, 1.54) is 253 Å². The zero-order chi connectivity index (χ0) is 65.6. The average Bonchev–Trinajstić information content (AvgIpc) is 1.52. The van der Waals surface area contributed by atoms with Crippen LogP contribution in [-0.2, 0) is 37.9 Å². The van der Waals surface area contributed by atoms with Gasteiger partial charge in [-0.15, -0.1) is 0 Å². The Kier molecular flexibility index (Phi) is 10.8. The van der Waals surface area contributed by atoms with Gasteiger partial charge in [0.15, 0.2) is 0 Å². The molecule has 6 N–H and O–H groups in total. The van der Waals surface area contributed by atoms with Crippen molar-refractivity contribution in [3.63, 3.8) is 0 Å². The third kappa shape index (κ3) is 7.77. The van der Waals surface area contributed by atoms with Crippen LogP contribution in [0.2, 0.25) is 0 Å². The van der Waals surface area contributed by atoms with Crippen molar-refractivity contribution in [3.05, 3.63) is 104 Å². The molecule has 24 saturated carbocycles. The predicted molar refractivity (Wildman–Crippen MR) is 392 cm³/mol. The van der Waals surface area contributed by atoms with Crippen LogP contribution in [0.3, 0.4) is 0 Å². The Morgan fingerprint density at radius 3 is 0.742 bits per heavy atom. The first kappa shape index (κ1) is 59.6. The van der Waals surface area contributed by atoms with E-state index in [0.717, 1.165) is 23.7 Å². The maximum Gasteiger partial charge on any atom is 0.142 e. The SMILES string of the molecule is CC12CC3CC(C)(C1)CC(c1cc(C45CC6CC(C)(CC(C)(C6)C4)C5)c4c(c1)C(c1cc(N)c(O)c(C56CC7CC(CC(C7)C5)C6)c1)(c1cc(N)c(O)c(C56CC7CC(CC(C7)C5)C6)c1)c1cc(C56CC7CC(C)(CC(C)(C7)C5)C6)cc(C56CC7CC(C)(CC(C)(C7)C5)C6)c1-4)(C3)C2. The summed E-state index contributed by atoms with van der Waals surface area (Å²) in [4.78, 5) is 0. The lowest BCUT2D eigenvalue weighted by molar-refractivity contribution is -0.112. The van der Waals surface area contributed by atoms with Gasteiger partial charge in [0.25, 0.3) is 0 Å². The summed E-state index contributed by atoms with van der Waals surface area (Å²) in [5.74, 6) is 8.09.